The molecule has 0 bridgehead atoms. The molecule has 0 radical (unpaired) electrons. The maximum absolute atomic E-state index is 5.75. The van der Waals surface area contributed by atoms with Crippen LogP contribution in [-0.2, 0) is 0 Å². The monoisotopic (exact) mass is 271 g/mol. The van der Waals surface area contributed by atoms with Crippen molar-refractivity contribution < 1.29 is 8.83 Å². The molecule has 1 aromatic carbocycles. The van der Waals surface area contributed by atoms with Crippen molar-refractivity contribution in [3.63, 3.8) is 0 Å². The Hall–Kier alpha value is -2.14. The summed E-state index contributed by atoms with van der Waals surface area (Å²) in [6.45, 7) is 6.93. The fraction of sp³-hybridized carbons (Fsp3) is 0.333. The van der Waals surface area contributed by atoms with Crippen LogP contribution in [0.1, 0.15) is 31.3 Å². The van der Waals surface area contributed by atoms with Crippen LogP contribution in [0.2, 0.25) is 0 Å². The van der Waals surface area contributed by atoms with Gasteiger partial charge in [-0.1, -0.05) is 18.6 Å². The first-order valence-corrected chi connectivity index (χ1v) is 6.74. The molecule has 0 saturated heterocycles. The normalized spacial score (nSPS) is 12.9. The van der Waals surface area contributed by atoms with E-state index < -0.39 is 0 Å². The van der Waals surface area contributed by atoms with Gasteiger partial charge in [-0.15, -0.1) is 10.2 Å². The molecule has 0 fully saturated rings. The zero-order valence-corrected chi connectivity index (χ0v) is 11.8. The minimum Gasteiger partial charge on any atom is -0.451 e. The number of hydrogen-bond acceptors (Lipinski definition) is 5. The van der Waals surface area contributed by atoms with E-state index in [0.29, 0.717) is 17.5 Å². The molecular formula is C15H17N3O2. The maximum Gasteiger partial charge on any atom is 0.283 e. The Morgan fingerprint density at radius 2 is 2.05 bits per heavy atom. The number of nitrogens with one attached hydrogen (secondary N) is 1. The minimum atomic E-state index is 0.0351. The molecule has 5 heteroatoms. The predicted molar refractivity (Wildman–Crippen MR) is 76.3 cm³/mol. The molecule has 0 spiro atoms. The summed E-state index contributed by atoms with van der Waals surface area (Å²) in [5, 5.41) is 12.4. The summed E-state index contributed by atoms with van der Waals surface area (Å²) >= 11 is 0. The van der Waals surface area contributed by atoms with Crippen LogP contribution in [0.4, 0.5) is 0 Å². The van der Waals surface area contributed by atoms with E-state index in [9.17, 15) is 0 Å². The first kappa shape index (κ1) is 12.9. The van der Waals surface area contributed by atoms with Gasteiger partial charge in [-0.3, -0.25) is 0 Å². The second-order valence-corrected chi connectivity index (χ2v) is 4.88. The molecule has 1 unspecified atom stereocenters. The third kappa shape index (κ3) is 2.32. The lowest BCUT2D eigenvalue weighted by molar-refractivity contribution is 0.422. The average Bonchev–Trinajstić information content (AvgIpc) is 3.04. The number of aryl methyl sites for hydroxylation is 1. The summed E-state index contributed by atoms with van der Waals surface area (Å²) in [7, 11) is 0. The number of nitrogens with zero attached hydrogens (tertiary/aromatic N) is 2. The van der Waals surface area contributed by atoms with Gasteiger partial charge in [0, 0.05) is 5.39 Å². The first-order valence-electron chi connectivity index (χ1n) is 6.74. The molecule has 0 saturated carbocycles. The van der Waals surface area contributed by atoms with Gasteiger partial charge in [-0.25, -0.2) is 0 Å². The molecule has 0 aliphatic rings. The molecule has 0 amide bonds. The largest absolute Gasteiger partial charge is 0.451 e. The highest BCUT2D eigenvalue weighted by Crippen LogP contribution is 2.28. The van der Waals surface area contributed by atoms with Gasteiger partial charge >= 0.3 is 0 Å². The highest BCUT2D eigenvalue weighted by atomic mass is 16.4. The number of fused-ring (bicyclic) bond motifs is 1. The van der Waals surface area contributed by atoms with Gasteiger partial charge in [0.15, 0.2) is 5.76 Å². The Labute approximate surface area is 117 Å². The molecule has 2 heterocycles. The lowest BCUT2D eigenvalue weighted by Gasteiger charge is -2.05. The fourth-order valence-corrected chi connectivity index (χ4v) is 2.17. The van der Waals surface area contributed by atoms with Crippen molar-refractivity contribution in [3.8, 4) is 11.7 Å². The van der Waals surface area contributed by atoms with E-state index in [1.54, 1.807) is 0 Å². The van der Waals surface area contributed by atoms with Gasteiger partial charge in [0.05, 0.1) is 6.04 Å². The van der Waals surface area contributed by atoms with Gasteiger partial charge < -0.3 is 14.2 Å². The van der Waals surface area contributed by atoms with E-state index in [-0.39, 0.29) is 6.04 Å². The smallest absolute Gasteiger partial charge is 0.283 e. The summed E-state index contributed by atoms with van der Waals surface area (Å²) < 4.78 is 11.4. The van der Waals surface area contributed by atoms with E-state index >= 15 is 0 Å². The molecule has 3 rings (SSSR count). The number of furan rings is 1. The molecule has 1 N–H and O–H groups in total. The summed E-state index contributed by atoms with van der Waals surface area (Å²) in [5.74, 6) is 1.59. The summed E-state index contributed by atoms with van der Waals surface area (Å²) in [6, 6.07) is 8.00. The van der Waals surface area contributed by atoms with Crippen LogP contribution in [0.3, 0.4) is 0 Å². The standard InChI is InChI=1S/C15H17N3O2/c1-4-16-10(3)14-17-18-15(20-14)13-8-11-7-9(2)5-6-12(11)19-13/h5-8,10,16H,4H2,1-3H3. The van der Waals surface area contributed by atoms with Crippen molar-refractivity contribution in [2.45, 2.75) is 26.8 Å². The second kappa shape index (κ2) is 5.09. The van der Waals surface area contributed by atoms with Crippen LogP contribution in [0.25, 0.3) is 22.6 Å². The Morgan fingerprint density at radius 1 is 1.20 bits per heavy atom. The molecule has 20 heavy (non-hydrogen) atoms. The van der Waals surface area contributed by atoms with Crippen LogP contribution >= 0.6 is 0 Å². The Morgan fingerprint density at radius 3 is 2.85 bits per heavy atom. The van der Waals surface area contributed by atoms with Crippen LogP contribution in [-0.4, -0.2) is 16.7 Å². The van der Waals surface area contributed by atoms with Crippen LogP contribution < -0.4 is 5.32 Å². The molecular weight excluding hydrogens is 254 g/mol. The van der Waals surface area contributed by atoms with Crippen molar-refractivity contribution >= 4 is 11.0 Å². The van der Waals surface area contributed by atoms with Gasteiger partial charge in [0.1, 0.15) is 5.58 Å². The summed E-state index contributed by atoms with van der Waals surface area (Å²) in [6.07, 6.45) is 0. The van der Waals surface area contributed by atoms with E-state index in [2.05, 4.69) is 28.5 Å². The molecule has 0 aliphatic carbocycles. The topological polar surface area (TPSA) is 64.1 Å². The Kier molecular flexibility index (Phi) is 3.28. The van der Waals surface area contributed by atoms with Crippen LogP contribution in [0, 0.1) is 6.92 Å². The number of benzene rings is 1. The lowest BCUT2D eigenvalue weighted by atomic mass is 10.2. The highest BCUT2D eigenvalue weighted by molar-refractivity contribution is 5.82. The van der Waals surface area contributed by atoms with Crippen molar-refractivity contribution in [3.05, 3.63) is 35.7 Å². The van der Waals surface area contributed by atoms with E-state index in [0.717, 1.165) is 17.5 Å². The number of hydrogen-bond donors (Lipinski definition) is 1. The molecule has 3 aromatic rings. The van der Waals surface area contributed by atoms with Crippen molar-refractivity contribution in [2.75, 3.05) is 6.54 Å². The summed E-state index contributed by atoms with van der Waals surface area (Å²) in [4.78, 5) is 0. The molecule has 0 aliphatic heterocycles. The summed E-state index contributed by atoms with van der Waals surface area (Å²) in [5.41, 5.74) is 2.02. The molecule has 1 atom stereocenters. The van der Waals surface area contributed by atoms with E-state index in [1.807, 2.05) is 32.0 Å². The third-order valence-electron chi connectivity index (χ3n) is 3.20. The SMILES string of the molecule is CCNC(C)c1nnc(-c2cc3cc(C)ccc3o2)o1. The quantitative estimate of drug-likeness (QED) is 0.787. The highest BCUT2D eigenvalue weighted by Gasteiger charge is 2.16. The van der Waals surface area contributed by atoms with Crippen LogP contribution in [0.5, 0.6) is 0 Å². The lowest BCUT2D eigenvalue weighted by Crippen LogP contribution is -2.17. The van der Waals surface area contributed by atoms with Crippen LogP contribution in [0.15, 0.2) is 33.1 Å². The van der Waals surface area contributed by atoms with E-state index in [1.165, 1.54) is 5.56 Å². The van der Waals surface area contributed by atoms with E-state index in [4.69, 9.17) is 8.83 Å². The maximum atomic E-state index is 5.75. The van der Waals surface area contributed by atoms with Gasteiger partial charge in [0.2, 0.25) is 5.89 Å². The second-order valence-electron chi connectivity index (χ2n) is 4.88. The zero-order chi connectivity index (χ0) is 14.1. The molecule has 104 valence electrons. The number of rotatable bonds is 4. The first-order chi connectivity index (χ1) is 9.67. The Balaban J connectivity index is 1.94. The van der Waals surface area contributed by atoms with Gasteiger partial charge in [0.25, 0.3) is 5.89 Å². The minimum absolute atomic E-state index is 0.0351. The zero-order valence-electron chi connectivity index (χ0n) is 11.8. The van der Waals surface area contributed by atoms with Gasteiger partial charge in [-0.05, 0) is 38.6 Å². The number of aromatic nitrogens is 2. The van der Waals surface area contributed by atoms with Crippen molar-refractivity contribution in [1.82, 2.24) is 15.5 Å². The third-order valence-corrected chi connectivity index (χ3v) is 3.20. The Bertz CT molecular complexity index is 730. The van der Waals surface area contributed by atoms with Crippen molar-refractivity contribution in [2.24, 2.45) is 0 Å². The average molecular weight is 271 g/mol. The van der Waals surface area contributed by atoms with Crippen molar-refractivity contribution in [1.29, 1.82) is 0 Å². The molecule has 5 nitrogen and oxygen atoms in total. The fourth-order valence-electron chi connectivity index (χ4n) is 2.17. The van der Waals surface area contributed by atoms with Gasteiger partial charge in [-0.2, -0.15) is 0 Å². The predicted octanol–water partition coefficient (Wildman–Crippen LogP) is 3.46. The molecule has 2 aromatic heterocycles.